The summed E-state index contributed by atoms with van der Waals surface area (Å²) >= 11 is 0. The van der Waals surface area contributed by atoms with Gasteiger partial charge in [0.2, 0.25) is 0 Å². The number of hydrogen-bond acceptors (Lipinski definition) is 3. The normalized spacial score (nSPS) is 15.4. The molecular formula is C16H28N2O. The van der Waals surface area contributed by atoms with E-state index in [9.17, 15) is 0 Å². The zero-order valence-electron chi connectivity index (χ0n) is 12.7. The average molecular weight is 264 g/mol. The first-order chi connectivity index (χ1) is 9.24. The van der Waals surface area contributed by atoms with Crippen LogP contribution in [0.5, 0.6) is 0 Å². The van der Waals surface area contributed by atoms with Gasteiger partial charge >= 0.3 is 0 Å². The van der Waals surface area contributed by atoms with E-state index in [1.165, 1.54) is 37.8 Å². The van der Waals surface area contributed by atoms with Crippen molar-refractivity contribution in [2.24, 2.45) is 0 Å². The summed E-state index contributed by atoms with van der Waals surface area (Å²) in [6.07, 6.45) is 5.15. The molecule has 1 saturated carbocycles. The monoisotopic (exact) mass is 264 g/mol. The summed E-state index contributed by atoms with van der Waals surface area (Å²) in [6.45, 7) is 10.7. The maximum Gasteiger partial charge on any atom is 0.118 e. The van der Waals surface area contributed by atoms with E-state index in [-0.39, 0.29) is 0 Å². The molecule has 3 heteroatoms. The molecule has 0 radical (unpaired) electrons. The van der Waals surface area contributed by atoms with Crippen LogP contribution in [0, 0.1) is 6.92 Å². The van der Waals surface area contributed by atoms with E-state index in [0.29, 0.717) is 0 Å². The maximum absolute atomic E-state index is 5.85. The molecule has 0 bridgehead atoms. The lowest BCUT2D eigenvalue weighted by Gasteiger charge is -2.20. The Bertz CT molecular complexity index is 382. The molecule has 0 unspecified atom stereocenters. The van der Waals surface area contributed by atoms with Gasteiger partial charge in [0.1, 0.15) is 11.5 Å². The molecule has 1 aromatic heterocycles. The second-order valence-corrected chi connectivity index (χ2v) is 5.67. The van der Waals surface area contributed by atoms with Crippen LogP contribution in [0.2, 0.25) is 0 Å². The van der Waals surface area contributed by atoms with E-state index in [0.717, 1.165) is 37.2 Å². The third-order valence-electron chi connectivity index (χ3n) is 3.75. The van der Waals surface area contributed by atoms with Crippen molar-refractivity contribution in [1.29, 1.82) is 0 Å². The Morgan fingerprint density at radius 1 is 1.32 bits per heavy atom. The number of aryl methyl sites for hydroxylation is 1. The molecule has 0 spiro atoms. The van der Waals surface area contributed by atoms with Gasteiger partial charge in [-0.3, -0.25) is 4.90 Å². The number of hydrogen-bond donors (Lipinski definition) is 1. The van der Waals surface area contributed by atoms with Gasteiger partial charge in [-0.1, -0.05) is 13.8 Å². The molecule has 1 heterocycles. The van der Waals surface area contributed by atoms with E-state index in [1.807, 2.05) is 0 Å². The molecule has 1 aliphatic carbocycles. The SMILES string of the molecule is CCCNCc1cc(CN(CCC)C2CC2)c(C)o1. The fourth-order valence-corrected chi connectivity index (χ4v) is 2.56. The molecule has 19 heavy (non-hydrogen) atoms. The lowest BCUT2D eigenvalue weighted by molar-refractivity contribution is 0.253. The largest absolute Gasteiger partial charge is 0.465 e. The van der Waals surface area contributed by atoms with Crippen LogP contribution in [0.1, 0.15) is 56.6 Å². The summed E-state index contributed by atoms with van der Waals surface area (Å²) in [5.41, 5.74) is 1.37. The van der Waals surface area contributed by atoms with Crippen molar-refractivity contribution in [3.63, 3.8) is 0 Å². The van der Waals surface area contributed by atoms with Crippen LogP contribution in [-0.2, 0) is 13.1 Å². The minimum atomic E-state index is 0.830. The molecule has 2 rings (SSSR count). The highest BCUT2D eigenvalue weighted by atomic mass is 16.3. The standard InChI is InChI=1S/C16H28N2O/c1-4-8-17-11-16-10-14(13(3)19-16)12-18(9-5-2)15-6-7-15/h10,15,17H,4-9,11-12H2,1-3H3. The summed E-state index contributed by atoms with van der Waals surface area (Å²) in [5, 5.41) is 3.40. The molecule has 1 fully saturated rings. The average Bonchev–Trinajstić information content (AvgIpc) is 3.16. The Hall–Kier alpha value is -0.800. The molecule has 1 N–H and O–H groups in total. The number of nitrogens with one attached hydrogen (secondary N) is 1. The highest BCUT2D eigenvalue weighted by Gasteiger charge is 2.28. The van der Waals surface area contributed by atoms with Gasteiger partial charge in [-0.2, -0.15) is 0 Å². The number of nitrogens with zero attached hydrogens (tertiary/aromatic N) is 1. The van der Waals surface area contributed by atoms with Gasteiger partial charge in [0, 0.05) is 18.2 Å². The van der Waals surface area contributed by atoms with Gasteiger partial charge < -0.3 is 9.73 Å². The van der Waals surface area contributed by atoms with Crippen molar-refractivity contribution in [2.75, 3.05) is 13.1 Å². The summed E-state index contributed by atoms with van der Waals surface area (Å²) < 4.78 is 5.85. The van der Waals surface area contributed by atoms with Crippen LogP contribution in [0.3, 0.4) is 0 Å². The Kier molecular flexibility index (Phi) is 5.46. The zero-order valence-corrected chi connectivity index (χ0v) is 12.7. The summed E-state index contributed by atoms with van der Waals surface area (Å²) in [4.78, 5) is 2.61. The van der Waals surface area contributed by atoms with Crippen molar-refractivity contribution < 1.29 is 4.42 Å². The van der Waals surface area contributed by atoms with Crippen molar-refractivity contribution in [1.82, 2.24) is 10.2 Å². The second-order valence-electron chi connectivity index (χ2n) is 5.67. The van der Waals surface area contributed by atoms with Crippen molar-refractivity contribution in [3.8, 4) is 0 Å². The topological polar surface area (TPSA) is 28.4 Å². The van der Waals surface area contributed by atoms with E-state index < -0.39 is 0 Å². The minimum Gasteiger partial charge on any atom is -0.465 e. The van der Waals surface area contributed by atoms with E-state index in [1.54, 1.807) is 0 Å². The predicted octanol–water partition coefficient (Wildman–Crippen LogP) is 3.46. The quantitative estimate of drug-likeness (QED) is 0.692. The molecule has 1 aromatic rings. The highest BCUT2D eigenvalue weighted by molar-refractivity contribution is 5.21. The van der Waals surface area contributed by atoms with Crippen LogP contribution in [0.4, 0.5) is 0 Å². The van der Waals surface area contributed by atoms with Crippen molar-refractivity contribution in [2.45, 2.75) is 65.6 Å². The first kappa shape index (κ1) is 14.6. The Labute approximate surface area is 117 Å². The third-order valence-corrected chi connectivity index (χ3v) is 3.75. The predicted molar refractivity (Wildman–Crippen MR) is 79.2 cm³/mol. The second kappa shape index (κ2) is 7.11. The van der Waals surface area contributed by atoms with E-state index in [4.69, 9.17) is 4.42 Å². The molecule has 0 atom stereocenters. The van der Waals surface area contributed by atoms with Crippen molar-refractivity contribution >= 4 is 0 Å². The molecule has 108 valence electrons. The molecule has 1 aliphatic rings. The minimum absolute atomic E-state index is 0.830. The fourth-order valence-electron chi connectivity index (χ4n) is 2.56. The lowest BCUT2D eigenvalue weighted by Crippen LogP contribution is -2.26. The number of rotatable bonds is 9. The highest BCUT2D eigenvalue weighted by Crippen LogP contribution is 2.29. The van der Waals surface area contributed by atoms with Gasteiger partial charge in [-0.15, -0.1) is 0 Å². The van der Waals surface area contributed by atoms with Gasteiger partial charge in [-0.25, -0.2) is 0 Å². The Morgan fingerprint density at radius 2 is 2.11 bits per heavy atom. The molecule has 3 nitrogen and oxygen atoms in total. The van der Waals surface area contributed by atoms with Crippen LogP contribution in [0.25, 0.3) is 0 Å². The first-order valence-corrected chi connectivity index (χ1v) is 7.77. The lowest BCUT2D eigenvalue weighted by atomic mass is 10.2. The molecule has 0 aromatic carbocycles. The van der Waals surface area contributed by atoms with Crippen LogP contribution in [0.15, 0.2) is 10.5 Å². The zero-order chi connectivity index (χ0) is 13.7. The molecule has 0 saturated heterocycles. The molecule has 0 amide bonds. The number of furan rings is 1. The maximum atomic E-state index is 5.85. The first-order valence-electron chi connectivity index (χ1n) is 7.77. The van der Waals surface area contributed by atoms with Crippen LogP contribution < -0.4 is 5.32 Å². The van der Waals surface area contributed by atoms with Gasteiger partial charge in [0.15, 0.2) is 0 Å². The summed E-state index contributed by atoms with van der Waals surface area (Å²) in [5.74, 6) is 2.17. The van der Waals surface area contributed by atoms with Crippen LogP contribution >= 0.6 is 0 Å². The van der Waals surface area contributed by atoms with E-state index in [2.05, 4.69) is 37.1 Å². The van der Waals surface area contributed by atoms with Crippen molar-refractivity contribution in [3.05, 3.63) is 23.2 Å². The molecular weight excluding hydrogens is 236 g/mol. The van der Waals surface area contributed by atoms with E-state index >= 15 is 0 Å². The smallest absolute Gasteiger partial charge is 0.118 e. The summed E-state index contributed by atoms with van der Waals surface area (Å²) in [7, 11) is 0. The third kappa shape index (κ3) is 4.36. The summed E-state index contributed by atoms with van der Waals surface area (Å²) in [6, 6.07) is 3.07. The Morgan fingerprint density at radius 3 is 2.74 bits per heavy atom. The fraction of sp³-hybridized carbons (Fsp3) is 0.750. The van der Waals surface area contributed by atoms with Gasteiger partial charge in [0.05, 0.1) is 6.54 Å². The molecule has 0 aliphatic heterocycles. The Balaban J connectivity index is 1.91. The van der Waals surface area contributed by atoms with Gasteiger partial charge in [-0.05, 0) is 51.8 Å². The van der Waals surface area contributed by atoms with Gasteiger partial charge in [0.25, 0.3) is 0 Å². The van der Waals surface area contributed by atoms with Crippen LogP contribution in [-0.4, -0.2) is 24.0 Å².